The third-order valence-corrected chi connectivity index (χ3v) is 5.63. The minimum atomic E-state index is -0.499. The number of carbonyl (C=O) groups excluding carboxylic acids is 1. The van der Waals surface area contributed by atoms with Gasteiger partial charge < -0.3 is 15.8 Å². The van der Waals surface area contributed by atoms with Crippen LogP contribution in [0.5, 0.6) is 11.6 Å². The van der Waals surface area contributed by atoms with Crippen LogP contribution in [0.25, 0.3) is 0 Å². The summed E-state index contributed by atoms with van der Waals surface area (Å²) in [5.74, 6) is 0.740. The van der Waals surface area contributed by atoms with E-state index in [0.29, 0.717) is 17.5 Å². The number of hydrogen-bond acceptors (Lipinski definition) is 4. The first-order chi connectivity index (χ1) is 14.0. The highest BCUT2D eigenvalue weighted by atomic mass is 16.5. The molecule has 0 bridgehead atoms. The lowest BCUT2D eigenvalue weighted by atomic mass is 10.0. The van der Waals surface area contributed by atoms with E-state index in [-0.39, 0.29) is 6.04 Å². The van der Waals surface area contributed by atoms with Crippen LogP contribution in [0.1, 0.15) is 58.0 Å². The molecule has 1 amide bonds. The van der Waals surface area contributed by atoms with Gasteiger partial charge in [0.05, 0.1) is 5.56 Å². The molecular formula is C24H25N3O2. The van der Waals surface area contributed by atoms with Crippen molar-refractivity contribution in [3.8, 4) is 11.6 Å². The zero-order chi connectivity index (χ0) is 20.4. The maximum Gasteiger partial charge on any atom is 0.250 e. The first kappa shape index (κ1) is 19.2. The van der Waals surface area contributed by atoms with Gasteiger partial charge in [0, 0.05) is 24.3 Å². The van der Waals surface area contributed by atoms with Gasteiger partial charge in [-0.15, -0.1) is 0 Å². The average Bonchev–Trinajstić information content (AvgIpc) is 3.14. The fraction of sp³-hybridized carbons (Fsp3) is 0.250. The normalized spacial score (nSPS) is 16.3. The topological polar surface area (TPSA) is 77.2 Å². The maximum absolute atomic E-state index is 11.2. The Hall–Kier alpha value is -3.18. The molecule has 2 atom stereocenters. The fourth-order valence-electron chi connectivity index (χ4n) is 3.98. The molecule has 2 unspecified atom stereocenters. The molecule has 0 saturated carbocycles. The summed E-state index contributed by atoms with van der Waals surface area (Å²) in [5.41, 5.74) is 10.7. The van der Waals surface area contributed by atoms with Crippen molar-refractivity contribution in [2.45, 2.75) is 38.8 Å². The summed E-state index contributed by atoms with van der Waals surface area (Å²) in [7, 11) is 0. The predicted molar refractivity (Wildman–Crippen MR) is 113 cm³/mol. The van der Waals surface area contributed by atoms with Crippen LogP contribution in [-0.4, -0.2) is 10.9 Å². The third kappa shape index (κ3) is 4.00. The number of nitrogens with one attached hydrogen (secondary N) is 1. The lowest BCUT2D eigenvalue weighted by molar-refractivity contribution is 0.1000. The molecule has 0 saturated heterocycles. The molecule has 4 rings (SSSR count). The van der Waals surface area contributed by atoms with Gasteiger partial charge >= 0.3 is 0 Å². The van der Waals surface area contributed by atoms with Gasteiger partial charge in [-0.25, -0.2) is 4.98 Å². The molecule has 1 aliphatic rings. The molecule has 0 fully saturated rings. The highest BCUT2D eigenvalue weighted by molar-refractivity contribution is 5.92. The van der Waals surface area contributed by atoms with Gasteiger partial charge in [0.1, 0.15) is 5.75 Å². The summed E-state index contributed by atoms with van der Waals surface area (Å²) in [6.07, 6.45) is 3.53. The highest BCUT2D eigenvalue weighted by Gasteiger charge is 2.26. The van der Waals surface area contributed by atoms with Crippen LogP contribution in [0.15, 0.2) is 60.8 Å². The number of aromatic nitrogens is 1. The minimum absolute atomic E-state index is 0.288. The molecule has 1 aliphatic carbocycles. The number of benzene rings is 2. The van der Waals surface area contributed by atoms with E-state index in [1.54, 1.807) is 12.1 Å². The summed E-state index contributed by atoms with van der Waals surface area (Å²) in [5, 5.41) is 3.77. The van der Waals surface area contributed by atoms with Crippen molar-refractivity contribution in [3.63, 3.8) is 0 Å². The predicted octanol–water partition coefficient (Wildman–Crippen LogP) is 4.62. The van der Waals surface area contributed by atoms with Crippen molar-refractivity contribution in [3.05, 3.63) is 88.6 Å². The van der Waals surface area contributed by atoms with Crippen molar-refractivity contribution in [1.29, 1.82) is 0 Å². The molecule has 0 spiro atoms. The largest absolute Gasteiger partial charge is 0.439 e. The number of nitrogens with two attached hydrogens (primary N) is 1. The second-order valence-corrected chi connectivity index (χ2v) is 7.50. The molecular weight excluding hydrogens is 362 g/mol. The van der Waals surface area contributed by atoms with Crippen LogP contribution in [0.4, 0.5) is 0 Å². The Bertz CT molecular complexity index is 1020. The number of carbonyl (C=O) groups is 1. The van der Waals surface area contributed by atoms with Crippen LogP contribution in [0.2, 0.25) is 0 Å². The van der Waals surface area contributed by atoms with Gasteiger partial charge in [0.25, 0.3) is 0 Å². The molecule has 2 aromatic carbocycles. The van der Waals surface area contributed by atoms with Gasteiger partial charge in [-0.2, -0.15) is 0 Å². The standard InChI is InChI=1S/C24H25N3O2/c1-15-19-9-11-21(27-16(2)17-6-4-3-5-7-17)20(19)10-12-22(15)29-23-13-8-18(14-26-23)24(25)28/h3-8,10,12-14,16,21,27H,9,11H2,1-2H3,(H2,25,28). The van der Waals surface area contributed by atoms with Crippen molar-refractivity contribution in [2.75, 3.05) is 0 Å². The van der Waals surface area contributed by atoms with E-state index in [4.69, 9.17) is 10.5 Å². The number of pyridine rings is 1. The Morgan fingerprint density at radius 1 is 1.17 bits per heavy atom. The summed E-state index contributed by atoms with van der Waals surface area (Å²) < 4.78 is 5.97. The van der Waals surface area contributed by atoms with E-state index in [1.165, 1.54) is 22.9 Å². The Morgan fingerprint density at radius 3 is 2.66 bits per heavy atom. The smallest absolute Gasteiger partial charge is 0.250 e. The summed E-state index contributed by atoms with van der Waals surface area (Å²) in [6.45, 7) is 4.30. The molecule has 1 heterocycles. The molecule has 3 N–H and O–H groups in total. The summed E-state index contributed by atoms with van der Waals surface area (Å²) >= 11 is 0. The molecule has 3 aromatic rings. The van der Waals surface area contributed by atoms with Gasteiger partial charge in [-0.05, 0) is 61.1 Å². The number of nitrogens with zero attached hydrogens (tertiary/aromatic N) is 1. The quantitative estimate of drug-likeness (QED) is 0.647. The number of primary amides is 1. The molecule has 148 valence electrons. The van der Waals surface area contributed by atoms with Crippen molar-refractivity contribution < 1.29 is 9.53 Å². The zero-order valence-electron chi connectivity index (χ0n) is 16.7. The van der Waals surface area contributed by atoms with E-state index >= 15 is 0 Å². The monoisotopic (exact) mass is 387 g/mol. The van der Waals surface area contributed by atoms with Crippen molar-refractivity contribution in [2.24, 2.45) is 5.73 Å². The maximum atomic E-state index is 11.2. The van der Waals surface area contributed by atoms with Crippen LogP contribution >= 0.6 is 0 Å². The van der Waals surface area contributed by atoms with E-state index in [1.807, 2.05) is 12.1 Å². The summed E-state index contributed by atoms with van der Waals surface area (Å²) in [6, 6.07) is 18.6. The number of hydrogen-bond donors (Lipinski definition) is 2. The van der Waals surface area contributed by atoms with Crippen molar-refractivity contribution >= 4 is 5.91 Å². The lowest BCUT2D eigenvalue weighted by Crippen LogP contribution is -2.23. The van der Waals surface area contributed by atoms with Crippen LogP contribution in [-0.2, 0) is 6.42 Å². The first-order valence-corrected chi connectivity index (χ1v) is 9.90. The zero-order valence-corrected chi connectivity index (χ0v) is 16.7. The van der Waals surface area contributed by atoms with Crippen LogP contribution < -0.4 is 15.8 Å². The lowest BCUT2D eigenvalue weighted by Gasteiger charge is -2.21. The van der Waals surface area contributed by atoms with E-state index < -0.39 is 5.91 Å². The van der Waals surface area contributed by atoms with Gasteiger partial charge in [0.2, 0.25) is 11.8 Å². The molecule has 5 heteroatoms. The Labute approximate surface area is 170 Å². The SMILES string of the molecule is Cc1c(Oc2ccc(C(N)=O)cn2)ccc2c1CCC2NC(C)c1ccccc1. The Balaban J connectivity index is 1.51. The Morgan fingerprint density at radius 2 is 1.97 bits per heavy atom. The molecule has 0 radical (unpaired) electrons. The van der Waals surface area contributed by atoms with Gasteiger partial charge in [0.15, 0.2) is 0 Å². The van der Waals surface area contributed by atoms with Crippen LogP contribution in [0, 0.1) is 6.92 Å². The number of rotatable bonds is 6. The summed E-state index contributed by atoms with van der Waals surface area (Å²) in [4.78, 5) is 15.4. The number of fused-ring (bicyclic) bond motifs is 1. The number of amides is 1. The van der Waals surface area contributed by atoms with E-state index in [0.717, 1.165) is 24.2 Å². The van der Waals surface area contributed by atoms with Gasteiger partial charge in [-0.3, -0.25) is 4.79 Å². The third-order valence-electron chi connectivity index (χ3n) is 5.63. The highest BCUT2D eigenvalue weighted by Crippen LogP contribution is 2.39. The van der Waals surface area contributed by atoms with Crippen LogP contribution in [0.3, 0.4) is 0 Å². The molecule has 29 heavy (non-hydrogen) atoms. The Kier molecular flexibility index (Phi) is 5.32. The molecule has 1 aromatic heterocycles. The fourth-order valence-corrected chi connectivity index (χ4v) is 3.98. The second-order valence-electron chi connectivity index (χ2n) is 7.50. The van der Waals surface area contributed by atoms with Crippen molar-refractivity contribution in [1.82, 2.24) is 10.3 Å². The van der Waals surface area contributed by atoms with Gasteiger partial charge in [-0.1, -0.05) is 36.4 Å². The number of ether oxygens (including phenoxy) is 1. The second kappa shape index (κ2) is 8.05. The van der Waals surface area contributed by atoms with E-state index in [2.05, 4.69) is 54.5 Å². The van der Waals surface area contributed by atoms with E-state index in [9.17, 15) is 4.79 Å². The minimum Gasteiger partial charge on any atom is -0.439 e. The molecule has 5 nitrogen and oxygen atoms in total. The first-order valence-electron chi connectivity index (χ1n) is 9.90. The average molecular weight is 387 g/mol. The molecule has 0 aliphatic heterocycles.